The zero-order chi connectivity index (χ0) is 19.2. The molecule has 1 heterocycles. The van der Waals surface area contributed by atoms with Crippen molar-refractivity contribution in [1.82, 2.24) is 4.90 Å². The Kier molecular flexibility index (Phi) is 5.80. The molecule has 1 atom stereocenters. The van der Waals surface area contributed by atoms with E-state index in [1.54, 1.807) is 30.2 Å². The van der Waals surface area contributed by atoms with Gasteiger partial charge in [0.15, 0.2) is 11.5 Å². The number of ether oxygens (including phenoxy) is 2. The third-order valence-corrected chi connectivity index (χ3v) is 4.49. The monoisotopic (exact) mass is 369 g/mol. The molecule has 0 aromatic heterocycles. The predicted octanol–water partition coefficient (Wildman–Crippen LogP) is 3.34. The molecule has 0 radical (unpaired) electrons. The van der Waals surface area contributed by atoms with Gasteiger partial charge in [-0.05, 0) is 37.1 Å². The first-order chi connectivity index (χ1) is 13.1. The molecule has 1 aliphatic heterocycles. The molecular weight excluding hydrogens is 346 g/mol. The van der Waals surface area contributed by atoms with Gasteiger partial charge in [0.05, 0.1) is 14.2 Å². The van der Waals surface area contributed by atoms with Crippen molar-refractivity contribution in [2.75, 3.05) is 31.4 Å². The molecule has 2 aromatic rings. The molecule has 142 valence electrons. The molecule has 3 amide bonds. The Morgan fingerprint density at radius 3 is 2.41 bits per heavy atom. The van der Waals surface area contributed by atoms with Gasteiger partial charge in [-0.2, -0.15) is 0 Å². The molecule has 1 saturated heterocycles. The van der Waals surface area contributed by atoms with E-state index in [2.05, 4.69) is 10.6 Å². The van der Waals surface area contributed by atoms with Gasteiger partial charge in [0.2, 0.25) is 5.91 Å². The molecule has 0 aliphatic carbocycles. The number of nitrogens with one attached hydrogen (secondary N) is 2. The van der Waals surface area contributed by atoms with Gasteiger partial charge >= 0.3 is 6.03 Å². The van der Waals surface area contributed by atoms with E-state index in [0.717, 1.165) is 6.42 Å². The van der Waals surface area contributed by atoms with Crippen LogP contribution >= 0.6 is 0 Å². The Hall–Kier alpha value is -3.22. The second-order valence-electron chi connectivity index (χ2n) is 6.21. The van der Waals surface area contributed by atoms with E-state index in [1.165, 1.54) is 7.11 Å². The normalized spacial score (nSPS) is 15.9. The summed E-state index contributed by atoms with van der Waals surface area (Å²) in [5, 5.41) is 5.70. The highest BCUT2D eigenvalue weighted by Gasteiger charge is 2.34. The molecular formula is C20H23N3O4. The smallest absolute Gasteiger partial charge is 0.322 e. The van der Waals surface area contributed by atoms with Crippen LogP contribution in [0.15, 0.2) is 48.5 Å². The Morgan fingerprint density at radius 1 is 0.963 bits per heavy atom. The highest BCUT2D eigenvalue weighted by atomic mass is 16.5. The Bertz CT molecular complexity index is 810. The molecule has 7 nitrogen and oxygen atoms in total. The highest BCUT2D eigenvalue weighted by Crippen LogP contribution is 2.30. The van der Waals surface area contributed by atoms with Gasteiger partial charge in [-0.3, -0.25) is 4.79 Å². The van der Waals surface area contributed by atoms with Crippen molar-refractivity contribution in [3.05, 3.63) is 48.5 Å². The van der Waals surface area contributed by atoms with Crippen LogP contribution in [0.1, 0.15) is 12.8 Å². The van der Waals surface area contributed by atoms with Gasteiger partial charge in [-0.25, -0.2) is 4.79 Å². The molecule has 1 fully saturated rings. The summed E-state index contributed by atoms with van der Waals surface area (Å²) in [5.41, 5.74) is 1.29. The Balaban J connectivity index is 1.67. The zero-order valence-electron chi connectivity index (χ0n) is 15.4. The molecule has 7 heteroatoms. The summed E-state index contributed by atoms with van der Waals surface area (Å²) in [5.74, 6) is 0.892. The summed E-state index contributed by atoms with van der Waals surface area (Å²) in [6, 6.07) is 13.6. The van der Waals surface area contributed by atoms with Gasteiger partial charge in [0.1, 0.15) is 6.04 Å². The number of methoxy groups -OCH3 is 2. The summed E-state index contributed by atoms with van der Waals surface area (Å²) in [4.78, 5) is 26.9. The van der Waals surface area contributed by atoms with Crippen molar-refractivity contribution in [2.24, 2.45) is 0 Å². The lowest BCUT2D eigenvalue weighted by atomic mass is 10.2. The van der Waals surface area contributed by atoms with Crippen molar-refractivity contribution in [3.63, 3.8) is 0 Å². The van der Waals surface area contributed by atoms with Crippen LogP contribution in [-0.4, -0.2) is 43.6 Å². The zero-order valence-corrected chi connectivity index (χ0v) is 15.4. The largest absolute Gasteiger partial charge is 0.493 e. The van der Waals surface area contributed by atoms with E-state index in [9.17, 15) is 9.59 Å². The Labute approximate surface area is 158 Å². The van der Waals surface area contributed by atoms with E-state index >= 15 is 0 Å². The number of para-hydroxylation sites is 1. The standard InChI is InChI=1S/C20H23N3O4/c1-26-17-11-10-15(13-18(17)27-2)21-19(24)16-9-6-12-23(16)20(25)22-14-7-4-3-5-8-14/h3-5,7-8,10-11,13,16H,6,9,12H2,1-2H3,(H,21,24)(H,22,25). The minimum absolute atomic E-state index is 0.220. The maximum Gasteiger partial charge on any atom is 0.322 e. The fourth-order valence-electron chi connectivity index (χ4n) is 3.14. The van der Waals surface area contributed by atoms with Gasteiger partial charge in [0.25, 0.3) is 0 Å². The van der Waals surface area contributed by atoms with E-state index in [4.69, 9.17) is 9.47 Å². The number of anilines is 2. The van der Waals surface area contributed by atoms with Crippen molar-refractivity contribution in [1.29, 1.82) is 0 Å². The molecule has 2 N–H and O–H groups in total. The second-order valence-corrected chi connectivity index (χ2v) is 6.21. The van der Waals surface area contributed by atoms with Crippen molar-refractivity contribution < 1.29 is 19.1 Å². The number of hydrogen-bond acceptors (Lipinski definition) is 4. The van der Waals surface area contributed by atoms with Crippen molar-refractivity contribution >= 4 is 23.3 Å². The summed E-state index contributed by atoms with van der Waals surface area (Å²) < 4.78 is 10.5. The number of carbonyl (C=O) groups is 2. The van der Waals surface area contributed by atoms with Crippen LogP contribution in [0.5, 0.6) is 11.5 Å². The molecule has 0 bridgehead atoms. The molecule has 3 rings (SSSR count). The first-order valence-electron chi connectivity index (χ1n) is 8.78. The molecule has 0 spiro atoms. The van der Waals surface area contributed by atoms with Crippen LogP contribution in [0, 0.1) is 0 Å². The summed E-state index contributed by atoms with van der Waals surface area (Å²) in [6.07, 6.45) is 1.41. The number of carbonyl (C=O) groups excluding carboxylic acids is 2. The first kappa shape index (κ1) is 18.6. The number of nitrogens with zero attached hydrogens (tertiary/aromatic N) is 1. The number of likely N-dealkylation sites (tertiary alicyclic amines) is 1. The SMILES string of the molecule is COc1ccc(NC(=O)C2CCCN2C(=O)Nc2ccccc2)cc1OC. The maximum absolute atomic E-state index is 12.7. The molecule has 2 aromatic carbocycles. The number of urea groups is 1. The first-order valence-corrected chi connectivity index (χ1v) is 8.78. The van der Waals surface area contributed by atoms with Crippen LogP contribution in [-0.2, 0) is 4.79 Å². The fraction of sp³-hybridized carbons (Fsp3) is 0.300. The number of hydrogen-bond donors (Lipinski definition) is 2. The predicted molar refractivity (Wildman–Crippen MR) is 103 cm³/mol. The van der Waals surface area contributed by atoms with Gasteiger partial charge in [-0.15, -0.1) is 0 Å². The molecule has 27 heavy (non-hydrogen) atoms. The third-order valence-electron chi connectivity index (χ3n) is 4.49. The van der Waals surface area contributed by atoms with Crippen LogP contribution in [0.3, 0.4) is 0 Å². The molecule has 1 unspecified atom stereocenters. The lowest BCUT2D eigenvalue weighted by Crippen LogP contribution is -2.45. The summed E-state index contributed by atoms with van der Waals surface area (Å²) >= 11 is 0. The second kappa shape index (κ2) is 8.44. The van der Waals surface area contributed by atoms with Crippen LogP contribution in [0.2, 0.25) is 0 Å². The summed E-state index contributed by atoms with van der Waals surface area (Å²) in [7, 11) is 3.09. The van der Waals surface area contributed by atoms with Gasteiger partial charge < -0.3 is 25.0 Å². The highest BCUT2D eigenvalue weighted by molar-refractivity contribution is 5.99. The average molecular weight is 369 g/mol. The Morgan fingerprint density at radius 2 is 1.70 bits per heavy atom. The van der Waals surface area contributed by atoms with Gasteiger partial charge in [0, 0.05) is 24.0 Å². The number of benzene rings is 2. The van der Waals surface area contributed by atoms with E-state index in [1.807, 2.05) is 30.3 Å². The van der Waals surface area contributed by atoms with E-state index in [-0.39, 0.29) is 11.9 Å². The van der Waals surface area contributed by atoms with E-state index < -0.39 is 6.04 Å². The lowest BCUT2D eigenvalue weighted by molar-refractivity contribution is -0.119. The quantitative estimate of drug-likeness (QED) is 0.847. The topological polar surface area (TPSA) is 79.9 Å². The average Bonchev–Trinajstić information content (AvgIpc) is 3.19. The van der Waals surface area contributed by atoms with Crippen molar-refractivity contribution in [2.45, 2.75) is 18.9 Å². The number of rotatable bonds is 5. The van der Waals surface area contributed by atoms with Crippen LogP contribution in [0.25, 0.3) is 0 Å². The maximum atomic E-state index is 12.7. The van der Waals surface area contributed by atoms with Crippen LogP contribution < -0.4 is 20.1 Å². The van der Waals surface area contributed by atoms with E-state index in [0.29, 0.717) is 35.8 Å². The molecule has 0 saturated carbocycles. The third kappa shape index (κ3) is 4.31. The summed E-state index contributed by atoms with van der Waals surface area (Å²) in [6.45, 7) is 0.544. The van der Waals surface area contributed by atoms with Crippen LogP contribution in [0.4, 0.5) is 16.2 Å². The number of amides is 3. The fourth-order valence-corrected chi connectivity index (χ4v) is 3.14. The van der Waals surface area contributed by atoms with Gasteiger partial charge in [-0.1, -0.05) is 18.2 Å². The minimum atomic E-state index is -0.512. The minimum Gasteiger partial charge on any atom is -0.493 e. The molecule has 1 aliphatic rings. The van der Waals surface area contributed by atoms with Crippen molar-refractivity contribution in [3.8, 4) is 11.5 Å². The lowest BCUT2D eigenvalue weighted by Gasteiger charge is -2.24.